The minimum absolute atomic E-state index is 0.0132. The summed E-state index contributed by atoms with van der Waals surface area (Å²) in [6.07, 6.45) is 3.10. The number of likely N-dealkylation sites (tertiary alicyclic amines) is 1. The normalized spacial score (nSPS) is 17.2. The molecule has 0 aliphatic carbocycles. The minimum atomic E-state index is -0.531. The third-order valence-corrected chi connectivity index (χ3v) is 3.38. The van der Waals surface area contributed by atoms with Gasteiger partial charge in [-0.1, -0.05) is 0 Å². The van der Waals surface area contributed by atoms with E-state index in [9.17, 15) is 10.1 Å². The first-order valence-electron chi connectivity index (χ1n) is 6.41. The Balaban J connectivity index is 2.13. The minimum Gasteiger partial charge on any atom is -0.396 e. The lowest BCUT2D eigenvalue weighted by Crippen LogP contribution is -2.43. The molecule has 108 valence electrons. The standard InChI is InChI=1S/C12H17N5O3/c13-12(16-6-3-9(8-18)4-7-16)15-11-10(17(19)20)2-1-5-14-11/h1-2,5,9,18H,3-4,6-8H2,(H2,13,14,15). The molecule has 2 heterocycles. The second kappa shape index (κ2) is 6.29. The maximum absolute atomic E-state index is 10.9. The molecule has 1 aliphatic rings. The first kappa shape index (κ1) is 14.2. The molecule has 0 spiro atoms. The summed E-state index contributed by atoms with van der Waals surface area (Å²) in [5.41, 5.74) is 5.72. The van der Waals surface area contributed by atoms with Gasteiger partial charge in [-0.2, -0.15) is 4.99 Å². The molecular formula is C12H17N5O3. The second-order valence-corrected chi connectivity index (χ2v) is 4.69. The van der Waals surface area contributed by atoms with Crippen LogP contribution in [-0.4, -0.2) is 45.6 Å². The zero-order valence-electron chi connectivity index (χ0n) is 11.0. The molecule has 0 radical (unpaired) electrons. The van der Waals surface area contributed by atoms with Gasteiger partial charge in [-0.15, -0.1) is 0 Å². The zero-order chi connectivity index (χ0) is 14.5. The molecule has 3 N–H and O–H groups in total. The lowest BCUT2D eigenvalue weighted by Gasteiger charge is -2.31. The first-order valence-corrected chi connectivity index (χ1v) is 6.41. The van der Waals surface area contributed by atoms with Crippen molar-refractivity contribution in [2.45, 2.75) is 12.8 Å². The molecule has 0 unspecified atom stereocenters. The van der Waals surface area contributed by atoms with Crippen molar-refractivity contribution in [1.29, 1.82) is 0 Å². The van der Waals surface area contributed by atoms with Gasteiger partial charge in [0, 0.05) is 32.0 Å². The summed E-state index contributed by atoms with van der Waals surface area (Å²) in [5, 5.41) is 20.0. The summed E-state index contributed by atoms with van der Waals surface area (Å²) in [5.74, 6) is 0.533. The van der Waals surface area contributed by atoms with E-state index in [1.165, 1.54) is 18.3 Å². The fraction of sp³-hybridized carbons (Fsp3) is 0.500. The van der Waals surface area contributed by atoms with Crippen LogP contribution in [0.5, 0.6) is 0 Å². The molecule has 0 saturated carbocycles. The lowest BCUT2D eigenvalue weighted by molar-refractivity contribution is -0.384. The maximum Gasteiger partial charge on any atom is 0.313 e. The molecule has 1 aromatic heterocycles. The molecule has 0 aromatic carbocycles. The number of rotatable bonds is 3. The fourth-order valence-electron chi connectivity index (χ4n) is 2.14. The van der Waals surface area contributed by atoms with Gasteiger partial charge in [-0.05, 0) is 24.8 Å². The van der Waals surface area contributed by atoms with Crippen molar-refractivity contribution in [3.8, 4) is 0 Å². The van der Waals surface area contributed by atoms with Crippen molar-refractivity contribution < 1.29 is 10.0 Å². The highest BCUT2D eigenvalue weighted by atomic mass is 16.6. The summed E-state index contributed by atoms with van der Waals surface area (Å²) in [6, 6.07) is 2.83. The predicted molar refractivity (Wildman–Crippen MR) is 73.6 cm³/mol. The van der Waals surface area contributed by atoms with Crippen molar-refractivity contribution in [3.05, 3.63) is 28.4 Å². The smallest absolute Gasteiger partial charge is 0.313 e. The number of pyridine rings is 1. The van der Waals surface area contributed by atoms with Gasteiger partial charge in [0.05, 0.1) is 4.92 Å². The SMILES string of the molecule is NC(=Nc1ncccc1[N+](=O)[O-])N1CCC(CO)CC1. The van der Waals surface area contributed by atoms with Gasteiger partial charge < -0.3 is 15.7 Å². The van der Waals surface area contributed by atoms with E-state index in [0.29, 0.717) is 19.0 Å². The van der Waals surface area contributed by atoms with E-state index in [1.807, 2.05) is 4.90 Å². The van der Waals surface area contributed by atoms with Gasteiger partial charge in [0.1, 0.15) is 0 Å². The van der Waals surface area contributed by atoms with Crippen LogP contribution in [0.15, 0.2) is 23.3 Å². The average molecular weight is 279 g/mol. The van der Waals surface area contributed by atoms with E-state index >= 15 is 0 Å². The molecule has 0 bridgehead atoms. The summed E-state index contributed by atoms with van der Waals surface area (Å²) in [7, 11) is 0. The van der Waals surface area contributed by atoms with E-state index in [1.54, 1.807) is 0 Å². The number of piperidine rings is 1. The second-order valence-electron chi connectivity index (χ2n) is 4.69. The van der Waals surface area contributed by atoms with E-state index in [-0.39, 0.29) is 24.1 Å². The highest BCUT2D eigenvalue weighted by molar-refractivity contribution is 5.81. The van der Waals surface area contributed by atoms with Crippen molar-refractivity contribution in [2.24, 2.45) is 16.6 Å². The van der Waals surface area contributed by atoms with Crippen LogP contribution in [0.2, 0.25) is 0 Å². The van der Waals surface area contributed by atoms with Gasteiger partial charge >= 0.3 is 5.69 Å². The Morgan fingerprint density at radius 2 is 2.30 bits per heavy atom. The molecule has 1 fully saturated rings. The lowest BCUT2D eigenvalue weighted by atomic mass is 9.98. The van der Waals surface area contributed by atoms with E-state index in [4.69, 9.17) is 10.8 Å². The zero-order valence-corrected chi connectivity index (χ0v) is 11.0. The molecule has 20 heavy (non-hydrogen) atoms. The number of hydrogen-bond acceptors (Lipinski definition) is 5. The molecule has 0 amide bonds. The van der Waals surface area contributed by atoms with Gasteiger partial charge in [0.25, 0.3) is 0 Å². The van der Waals surface area contributed by atoms with Crippen molar-refractivity contribution in [1.82, 2.24) is 9.88 Å². The van der Waals surface area contributed by atoms with Crippen molar-refractivity contribution >= 4 is 17.5 Å². The monoisotopic (exact) mass is 279 g/mol. The molecule has 1 aliphatic heterocycles. The van der Waals surface area contributed by atoms with Crippen LogP contribution < -0.4 is 5.73 Å². The molecule has 8 heteroatoms. The number of aromatic nitrogens is 1. The number of nitrogens with zero attached hydrogens (tertiary/aromatic N) is 4. The summed E-state index contributed by atoms with van der Waals surface area (Å²) in [4.78, 5) is 20.1. The Morgan fingerprint density at radius 3 is 2.90 bits per heavy atom. The largest absolute Gasteiger partial charge is 0.396 e. The molecule has 2 rings (SSSR count). The number of aliphatic hydroxyl groups is 1. The van der Waals surface area contributed by atoms with Crippen LogP contribution in [-0.2, 0) is 0 Å². The third-order valence-electron chi connectivity index (χ3n) is 3.38. The van der Waals surface area contributed by atoms with Crippen LogP contribution >= 0.6 is 0 Å². The van der Waals surface area contributed by atoms with Crippen LogP contribution in [0.25, 0.3) is 0 Å². The predicted octanol–water partition coefficient (Wildman–Crippen LogP) is 0.640. The Morgan fingerprint density at radius 1 is 1.60 bits per heavy atom. The number of aliphatic hydroxyl groups excluding tert-OH is 1. The van der Waals surface area contributed by atoms with E-state index in [2.05, 4.69) is 9.98 Å². The highest BCUT2D eigenvalue weighted by Gasteiger charge is 2.21. The van der Waals surface area contributed by atoms with Gasteiger partial charge in [-0.3, -0.25) is 10.1 Å². The molecule has 1 saturated heterocycles. The quantitative estimate of drug-likeness (QED) is 0.363. The highest BCUT2D eigenvalue weighted by Crippen LogP contribution is 2.24. The number of nitrogens with two attached hydrogens (primary N) is 1. The maximum atomic E-state index is 10.9. The van der Waals surface area contributed by atoms with E-state index < -0.39 is 4.92 Å². The number of aliphatic imine (C=N–C) groups is 1. The molecule has 0 atom stereocenters. The Labute approximate surface area is 116 Å². The van der Waals surface area contributed by atoms with Gasteiger partial charge in [-0.25, -0.2) is 4.98 Å². The topological polar surface area (TPSA) is 118 Å². The molecule has 1 aromatic rings. The summed E-state index contributed by atoms with van der Waals surface area (Å²) < 4.78 is 0. The molecular weight excluding hydrogens is 262 g/mol. The van der Waals surface area contributed by atoms with Crippen LogP contribution in [0.3, 0.4) is 0 Å². The van der Waals surface area contributed by atoms with Crippen LogP contribution in [0.4, 0.5) is 11.5 Å². The number of guanidine groups is 1. The van der Waals surface area contributed by atoms with Gasteiger partial charge in [0.2, 0.25) is 5.82 Å². The van der Waals surface area contributed by atoms with Crippen LogP contribution in [0, 0.1) is 16.0 Å². The summed E-state index contributed by atoms with van der Waals surface area (Å²) >= 11 is 0. The Bertz CT molecular complexity index is 512. The number of nitro groups is 1. The average Bonchev–Trinajstić information content (AvgIpc) is 2.47. The van der Waals surface area contributed by atoms with Crippen molar-refractivity contribution in [2.75, 3.05) is 19.7 Å². The first-order chi connectivity index (χ1) is 9.61. The fourth-order valence-corrected chi connectivity index (χ4v) is 2.14. The number of hydrogen-bond donors (Lipinski definition) is 2. The molecule has 8 nitrogen and oxygen atoms in total. The van der Waals surface area contributed by atoms with Crippen molar-refractivity contribution in [3.63, 3.8) is 0 Å². The third kappa shape index (κ3) is 3.21. The summed E-state index contributed by atoms with van der Waals surface area (Å²) in [6.45, 7) is 1.54. The van der Waals surface area contributed by atoms with Gasteiger partial charge in [0.15, 0.2) is 5.96 Å². The Hall–Kier alpha value is -2.22. The van der Waals surface area contributed by atoms with Crippen LogP contribution in [0.1, 0.15) is 12.8 Å². The van der Waals surface area contributed by atoms with E-state index in [0.717, 1.165) is 12.8 Å². The Kier molecular flexibility index (Phi) is 4.46.